The maximum absolute atomic E-state index is 13.8. The van der Waals surface area contributed by atoms with Gasteiger partial charge in [0.15, 0.2) is 0 Å². The zero-order valence-electron chi connectivity index (χ0n) is 9.47. The molecule has 2 aromatic carbocycles. The van der Waals surface area contributed by atoms with Crippen LogP contribution >= 0.6 is 0 Å². The lowest BCUT2D eigenvalue weighted by atomic mass is 10.0. The molecule has 0 bridgehead atoms. The lowest BCUT2D eigenvalue weighted by Crippen LogP contribution is -1.85. The highest BCUT2D eigenvalue weighted by atomic mass is 19.1. The van der Waals surface area contributed by atoms with Gasteiger partial charge >= 0.3 is 0 Å². The van der Waals surface area contributed by atoms with E-state index in [2.05, 4.69) is 4.98 Å². The van der Waals surface area contributed by atoms with Gasteiger partial charge < -0.3 is 5.11 Å². The molecule has 1 heterocycles. The molecule has 0 aliphatic carbocycles. The molecule has 3 rings (SSSR count). The number of pyridine rings is 1. The fraction of sp³-hybridized carbons (Fsp3) is 0. The van der Waals surface area contributed by atoms with E-state index in [-0.39, 0.29) is 5.75 Å². The fourth-order valence-corrected chi connectivity index (χ4v) is 1.97. The van der Waals surface area contributed by atoms with Gasteiger partial charge in [-0.2, -0.15) is 0 Å². The summed E-state index contributed by atoms with van der Waals surface area (Å²) >= 11 is 0. The van der Waals surface area contributed by atoms with E-state index in [9.17, 15) is 9.50 Å². The van der Waals surface area contributed by atoms with Crippen molar-refractivity contribution >= 4 is 10.9 Å². The highest BCUT2D eigenvalue weighted by Crippen LogP contribution is 2.27. The standard InChI is InChI=1S/C15H10FNO/c16-14-9-12(18)5-6-13(14)11-4-3-10-2-1-7-17-15(10)8-11/h1-9,18H. The molecule has 1 N–H and O–H groups in total. The van der Waals surface area contributed by atoms with Crippen molar-refractivity contribution in [2.75, 3.05) is 0 Å². The third-order valence-corrected chi connectivity index (χ3v) is 2.87. The number of nitrogens with zero attached hydrogens (tertiary/aromatic N) is 1. The molecule has 0 fully saturated rings. The van der Waals surface area contributed by atoms with Crippen molar-refractivity contribution in [3.8, 4) is 16.9 Å². The SMILES string of the molecule is Oc1ccc(-c2ccc3cccnc3c2)c(F)c1. The molecule has 88 valence electrons. The van der Waals surface area contributed by atoms with Gasteiger partial charge in [0.05, 0.1) is 5.52 Å². The first kappa shape index (κ1) is 10.7. The van der Waals surface area contributed by atoms with Crippen LogP contribution in [0.25, 0.3) is 22.0 Å². The van der Waals surface area contributed by atoms with Crippen LogP contribution in [0, 0.1) is 5.82 Å². The number of aromatic hydroxyl groups is 1. The zero-order valence-corrected chi connectivity index (χ0v) is 9.47. The largest absolute Gasteiger partial charge is 0.508 e. The molecule has 0 spiro atoms. The molecule has 0 aliphatic rings. The van der Waals surface area contributed by atoms with E-state index in [1.807, 2.05) is 30.3 Å². The minimum atomic E-state index is -0.440. The number of phenolic OH excluding ortho intramolecular Hbond substituents is 1. The van der Waals surface area contributed by atoms with Crippen LogP contribution in [-0.4, -0.2) is 10.1 Å². The number of aromatic nitrogens is 1. The molecule has 18 heavy (non-hydrogen) atoms. The van der Waals surface area contributed by atoms with Crippen LogP contribution in [0.1, 0.15) is 0 Å². The summed E-state index contributed by atoms with van der Waals surface area (Å²) < 4.78 is 13.8. The molecule has 0 saturated heterocycles. The van der Waals surface area contributed by atoms with E-state index in [0.717, 1.165) is 22.5 Å². The Balaban J connectivity index is 2.19. The van der Waals surface area contributed by atoms with E-state index in [1.54, 1.807) is 12.3 Å². The van der Waals surface area contributed by atoms with Crippen molar-refractivity contribution in [1.29, 1.82) is 0 Å². The van der Waals surface area contributed by atoms with Gasteiger partial charge in [-0.3, -0.25) is 4.98 Å². The Morgan fingerprint density at radius 1 is 1.00 bits per heavy atom. The van der Waals surface area contributed by atoms with Gasteiger partial charge in [0, 0.05) is 23.2 Å². The number of benzene rings is 2. The van der Waals surface area contributed by atoms with Gasteiger partial charge in [0.1, 0.15) is 11.6 Å². The van der Waals surface area contributed by atoms with E-state index in [4.69, 9.17) is 0 Å². The van der Waals surface area contributed by atoms with Crippen molar-refractivity contribution in [3.05, 3.63) is 60.5 Å². The van der Waals surface area contributed by atoms with Crippen LogP contribution in [0.4, 0.5) is 4.39 Å². The molecule has 3 aromatic rings. The Labute approximate surface area is 103 Å². The van der Waals surface area contributed by atoms with Crippen LogP contribution in [-0.2, 0) is 0 Å². The summed E-state index contributed by atoms with van der Waals surface area (Å²) in [4.78, 5) is 4.24. The summed E-state index contributed by atoms with van der Waals surface area (Å²) in [6.45, 7) is 0. The first-order valence-electron chi connectivity index (χ1n) is 5.58. The highest BCUT2D eigenvalue weighted by Gasteiger charge is 2.06. The number of hydrogen-bond donors (Lipinski definition) is 1. The van der Waals surface area contributed by atoms with Crippen LogP contribution in [0.2, 0.25) is 0 Å². The van der Waals surface area contributed by atoms with Gasteiger partial charge in [0.25, 0.3) is 0 Å². The minimum Gasteiger partial charge on any atom is -0.508 e. The second kappa shape index (κ2) is 4.11. The summed E-state index contributed by atoms with van der Waals surface area (Å²) in [6.07, 6.45) is 1.71. The van der Waals surface area contributed by atoms with Crippen molar-refractivity contribution in [3.63, 3.8) is 0 Å². The molecule has 0 atom stereocenters. The molecule has 2 nitrogen and oxygen atoms in total. The van der Waals surface area contributed by atoms with Crippen LogP contribution in [0.15, 0.2) is 54.7 Å². The quantitative estimate of drug-likeness (QED) is 0.701. The normalized spacial score (nSPS) is 10.7. The average Bonchev–Trinajstić information content (AvgIpc) is 2.38. The monoisotopic (exact) mass is 239 g/mol. The van der Waals surface area contributed by atoms with Crippen LogP contribution in [0.3, 0.4) is 0 Å². The lowest BCUT2D eigenvalue weighted by molar-refractivity contribution is 0.469. The predicted molar refractivity (Wildman–Crippen MR) is 68.8 cm³/mol. The smallest absolute Gasteiger partial charge is 0.134 e. The predicted octanol–water partition coefficient (Wildman–Crippen LogP) is 3.75. The highest BCUT2D eigenvalue weighted by molar-refractivity contribution is 5.84. The summed E-state index contributed by atoms with van der Waals surface area (Å²) in [5.41, 5.74) is 2.03. The molecule has 3 heteroatoms. The molecule has 0 radical (unpaired) electrons. The first-order valence-corrected chi connectivity index (χ1v) is 5.58. The average molecular weight is 239 g/mol. The molecule has 0 aliphatic heterocycles. The maximum Gasteiger partial charge on any atom is 0.134 e. The summed E-state index contributed by atoms with van der Waals surface area (Å²) in [5, 5.41) is 10.2. The fourth-order valence-electron chi connectivity index (χ4n) is 1.97. The molecule has 0 amide bonds. The molecular formula is C15H10FNO. The second-order valence-corrected chi connectivity index (χ2v) is 4.08. The summed E-state index contributed by atoms with van der Waals surface area (Å²) in [6, 6.07) is 13.6. The van der Waals surface area contributed by atoms with E-state index in [0.29, 0.717) is 5.56 Å². The maximum atomic E-state index is 13.8. The number of phenols is 1. The Hall–Kier alpha value is -2.42. The first-order chi connectivity index (χ1) is 8.74. The number of fused-ring (bicyclic) bond motifs is 1. The van der Waals surface area contributed by atoms with Gasteiger partial charge in [-0.1, -0.05) is 18.2 Å². The molecule has 1 aromatic heterocycles. The van der Waals surface area contributed by atoms with Gasteiger partial charge in [0.2, 0.25) is 0 Å². The Morgan fingerprint density at radius 3 is 2.72 bits per heavy atom. The van der Waals surface area contributed by atoms with E-state index < -0.39 is 5.82 Å². The molecular weight excluding hydrogens is 229 g/mol. The minimum absolute atomic E-state index is 0.0739. The summed E-state index contributed by atoms with van der Waals surface area (Å²) in [5.74, 6) is -0.513. The van der Waals surface area contributed by atoms with Crippen LogP contribution in [0.5, 0.6) is 5.75 Å². The van der Waals surface area contributed by atoms with Gasteiger partial charge in [-0.25, -0.2) is 4.39 Å². The third-order valence-electron chi connectivity index (χ3n) is 2.87. The zero-order chi connectivity index (χ0) is 12.5. The number of halogens is 1. The second-order valence-electron chi connectivity index (χ2n) is 4.08. The van der Waals surface area contributed by atoms with Gasteiger partial charge in [-0.05, 0) is 29.8 Å². The topological polar surface area (TPSA) is 33.1 Å². The number of rotatable bonds is 1. The van der Waals surface area contributed by atoms with Crippen molar-refractivity contribution in [1.82, 2.24) is 4.98 Å². The number of hydrogen-bond acceptors (Lipinski definition) is 2. The van der Waals surface area contributed by atoms with Crippen LogP contribution < -0.4 is 0 Å². The molecule has 0 unspecified atom stereocenters. The third kappa shape index (κ3) is 1.80. The van der Waals surface area contributed by atoms with Crippen molar-refractivity contribution < 1.29 is 9.50 Å². The molecule has 0 saturated carbocycles. The van der Waals surface area contributed by atoms with Gasteiger partial charge in [-0.15, -0.1) is 0 Å². The Morgan fingerprint density at radius 2 is 1.89 bits per heavy atom. The van der Waals surface area contributed by atoms with Crippen molar-refractivity contribution in [2.45, 2.75) is 0 Å². The Bertz CT molecular complexity index is 725. The van der Waals surface area contributed by atoms with E-state index in [1.165, 1.54) is 6.07 Å². The lowest BCUT2D eigenvalue weighted by Gasteiger charge is -2.05. The summed E-state index contributed by atoms with van der Waals surface area (Å²) in [7, 11) is 0. The van der Waals surface area contributed by atoms with Crippen molar-refractivity contribution in [2.24, 2.45) is 0 Å². The van der Waals surface area contributed by atoms with E-state index >= 15 is 0 Å². The Kier molecular flexibility index (Phi) is 2.45.